The Bertz CT molecular complexity index is 1160. The van der Waals surface area contributed by atoms with Gasteiger partial charge in [0, 0.05) is 49.6 Å². The van der Waals surface area contributed by atoms with Gasteiger partial charge < -0.3 is 9.80 Å². The van der Waals surface area contributed by atoms with E-state index in [1.54, 1.807) is 24.3 Å². The fourth-order valence-electron chi connectivity index (χ4n) is 4.63. The van der Waals surface area contributed by atoms with Gasteiger partial charge in [-0.2, -0.15) is 0 Å². The number of benzene rings is 2. The van der Waals surface area contributed by atoms with E-state index in [1.807, 2.05) is 4.90 Å². The number of aromatic nitrogens is 2. The van der Waals surface area contributed by atoms with Crippen molar-refractivity contribution in [3.05, 3.63) is 71.6 Å². The summed E-state index contributed by atoms with van der Waals surface area (Å²) in [7, 11) is 2.07. The maximum atomic E-state index is 13.6. The molecule has 1 unspecified atom stereocenters. The first-order valence-electron chi connectivity index (χ1n) is 11.4. The molecule has 33 heavy (non-hydrogen) atoms. The van der Waals surface area contributed by atoms with Crippen LogP contribution in [0.15, 0.2) is 48.5 Å². The van der Waals surface area contributed by atoms with Gasteiger partial charge in [0.2, 0.25) is 5.91 Å². The number of carbonyl (C=O) groups is 1. The molecular formula is C26H26F2N4O. The van der Waals surface area contributed by atoms with Crippen molar-refractivity contribution in [2.45, 2.75) is 19.3 Å². The second-order valence-corrected chi connectivity index (χ2v) is 8.90. The number of hydrogen-bond donors (Lipinski definition) is 0. The molecule has 7 heteroatoms. The van der Waals surface area contributed by atoms with E-state index in [9.17, 15) is 13.6 Å². The SMILES string of the molecule is CN1CCN(C(=O)C2CCc3nc(-c4ccc(F)cc4)c(-c4ccc(F)cc4)nc3C2)CC1. The van der Waals surface area contributed by atoms with Gasteiger partial charge in [0.15, 0.2) is 0 Å². The third-order valence-corrected chi connectivity index (χ3v) is 6.62. The van der Waals surface area contributed by atoms with Crippen LogP contribution in [0.25, 0.3) is 22.5 Å². The maximum absolute atomic E-state index is 13.6. The summed E-state index contributed by atoms with van der Waals surface area (Å²) in [5.74, 6) is -0.557. The van der Waals surface area contributed by atoms with E-state index in [4.69, 9.17) is 9.97 Å². The van der Waals surface area contributed by atoms with Gasteiger partial charge in [-0.3, -0.25) is 4.79 Å². The quantitative estimate of drug-likeness (QED) is 0.609. The van der Waals surface area contributed by atoms with E-state index < -0.39 is 0 Å². The maximum Gasteiger partial charge on any atom is 0.226 e. The van der Waals surface area contributed by atoms with Crippen molar-refractivity contribution in [2.24, 2.45) is 5.92 Å². The van der Waals surface area contributed by atoms with E-state index in [1.165, 1.54) is 24.3 Å². The zero-order valence-electron chi connectivity index (χ0n) is 18.6. The Kier molecular flexibility index (Phi) is 5.89. The van der Waals surface area contributed by atoms with E-state index in [2.05, 4.69) is 11.9 Å². The van der Waals surface area contributed by atoms with Crippen LogP contribution in [0.5, 0.6) is 0 Å². The molecule has 1 aliphatic carbocycles. The minimum Gasteiger partial charge on any atom is -0.340 e. The molecule has 1 atom stereocenters. The van der Waals surface area contributed by atoms with Crippen molar-refractivity contribution in [1.82, 2.24) is 19.8 Å². The van der Waals surface area contributed by atoms with Crippen LogP contribution in [0.2, 0.25) is 0 Å². The number of hydrogen-bond acceptors (Lipinski definition) is 4. The molecule has 5 nitrogen and oxygen atoms in total. The van der Waals surface area contributed by atoms with E-state index >= 15 is 0 Å². The molecule has 1 aromatic heterocycles. The first kappa shape index (κ1) is 21.6. The Labute approximate surface area is 192 Å². The second-order valence-electron chi connectivity index (χ2n) is 8.90. The summed E-state index contributed by atoms with van der Waals surface area (Å²) in [6.45, 7) is 3.30. The number of aryl methyl sites for hydroxylation is 1. The van der Waals surface area contributed by atoms with Crippen LogP contribution in [0, 0.1) is 17.6 Å². The molecular weight excluding hydrogens is 422 g/mol. The van der Waals surface area contributed by atoms with Gasteiger partial charge in [0.1, 0.15) is 11.6 Å². The fourth-order valence-corrected chi connectivity index (χ4v) is 4.63. The van der Waals surface area contributed by atoms with Gasteiger partial charge in [-0.1, -0.05) is 0 Å². The summed E-state index contributed by atoms with van der Waals surface area (Å²) in [5.41, 5.74) is 4.44. The average Bonchev–Trinajstić information content (AvgIpc) is 2.84. The smallest absolute Gasteiger partial charge is 0.226 e. The summed E-state index contributed by atoms with van der Waals surface area (Å²) in [6, 6.07) is 12.3. The number of rotatable bonds is 3. The molecule has 5 rings (SSSR count). The van der Waals surface area contributed by atoms with Gasteiger partial charge in [0.25, 0.3) is 0 Å². The molecule has 2 aromatic carbocycles. The van der Waals surface area contributed by atoms with Crippen LogP contribution in [0.3, 0.4) is 0 Å². The third-order valence-electron chi connectivity index (χ3n) is 6.62. The van der Waals surface area contributed by atoms with Crippen molar-refractivity contribution in [2.75, 3.05) is 33.2 Å². The number of halogens is 2. The Morgan fingerprint density at radius 2 is 1.33 bits per heavy atom. The standard InChI is InChI=1S/C26H26F2N4O/c1-31-12-14-32(15-13-31)26(33)19-6-11-22-23(16-19)30-25(18-4-9-21(28)10-5-18)24(29-22)17-2-7-20(27)8-3-17/h2-5,7-10,19H,6,11-16H2,1H3. The summed E-state index contributed by atoms with van der Waals surface area (Å²) in [4.78, 5) is 27.2. The zero-order valence-corrected chi connectivity index (χ0v) is 18.6. The largest absolute Gasteiger partial charge is 0.340 e. The molecule has 3 aromatic rings. The highest BCUT2D eigenvalue weighted by molar-refractivity contribution is 5.81. The zero-order chi connectivity index (χ0) is 22.9. The highest BCUT2D eigenvalue weighted by atomic mass is 19.1. The van der Waals surface area contributed by atoms with Gasteiger partial charge in [-0.05, 0) is 68.4 Å². The minimum atomic E-state index is -0.328. The molecule has 0 N–H and O–H groups in total. The normalized spacial score (nSPS) is 18.8. The lowest BCUT2D eigenvalue weighted by Crippen LogP contribution is -2.49. The average molecular weight is 449 g/mol. The molecule has 0 bridgehead atoms. The van der Waals surface area contributed by atoms with Crippen LogP contribution < -0.4 is 0 Å². The Hall–Kier alpha value is -3.19. The number of piperazine rings is 1. The van der Waals surface area contributed by atoms with E-state index in [-0.39, 0.29) is 23.5 Å². The molecule has 1 amide bonds. The number of fused-ring (bicyclic) bond motifs is 1. The van der Waals surface area contributed by atoms with Gasteiger partial charge in [0.05, 0.1) is 22.8 Å². The van der Waals surface area contributed by atoms with Gasteiger partial charge in [-0.25, -0.2) is 18.7 Å². The minimum absolute atomic E-state index is 0.104. The summed E-state index contributed by atoms with van der Waals surface area (Å²) in [5, 5.41) is 0. The Balaban J connectivity index is 1.49. The summed E-state index contributed by atoms with van der Waals surface area (Å²) >= 11 is 0. The van der Waals surface area contributed by atoms with Crippen LogP contribution in [0.1, 0.15) is 17.8 Å². The van der Waals surface area contributed by atoms with Crippen molar-refractivity contribution >= 4 is 5.91 Å². The summed E-state index contributed by atoms with van der Waals surface area (Å²) < 4.78 is 27.1. The number of likely N-dealkylation sites (N-methyl/N-ethyl adjacent to an activating group) is 1. The van der Waals surface area contributed by atoms with Crippen LogP contribution in [-0.4, -0.2) is 58.9 Å². The van der Waals surface area contributed by atoms with Crippen molar-refractivity contribution in [3.63, 3.8) is 0 Å². The van der Waals surface area contributed by atoms with Gasteiger partial charge >= 0.3 is 0 Å². The van der Waals surface area contributed by atoms with Crippen molar-refractivity contribution in [1.29, 1.82) is 0 Å². The number of amides is 1. The van der Waals surface area contributed by atoms with Gasteiger partial charge in [-0.15, -0.1) is 0 Å². The predicted molar refractivity (Wildman–Crippen MR) is 122 cm³/mol. The van der Waals surface area contributed by atoms with Crippen LogP contribution in [-0.2, 0) is 17.6 Å². The van der Waals surface area contributed by atoms with Crippen molar-refractivity contribution < 1.29 is 13.6 Å². The second kappa shape index (κ2) is 8.98. The molecule has 1 saturated heterocycles. The van der Waals surface area contributed by atoms with E-state index in [0.29, 0.717) is 24.2 Å². The lowest BCUT2D eigenvalue weighted by molar-refractivity contribution is -0.137. The monoisotopic (exact) mass is 448 g/mol. The van der Waals surface area contributed by atoms with Crippen LogP contribution >= 0.6 is 0 Å². The third kappa shape index (κ3) is 4.50. The summed E-state index contributed by atoms with van der Waals surface area (Å²) in [6.07, 6.45) is 1.96. The molecule has 0 spiro atoms. The lowest BCUT2D eigenvalue weighted by Gasteiger charge is -2.35. The topological polar surface area (TPSA) is 49.3 Å². The molecule has 1 fully saturated rings. The highest BCUT2D eigenvalue weighted by Crippen LogP contribution is 2.34. The molecule has 0 radical (unpaired) electrons. The first-order valence-corrected chi connectivity index (χ1v) is 11.4. The Morgan fingerprint density at radius 1 is 0.818 bits per heavy atom. The first-order chi connectivity index (χ1) is 16.0. The molecule has 0 saturated carbocycles. The molecule has 2 aliphatic rings. The number of carbonyl (C=O) groups excluding carboxylic acids is 1. The molecule has 2 heterocycles. The highest BCUT2D eigenvalue weighted by Gasteiger charge is 2.32. The van der Waals surface area contributed by atoms with Crippen LogP contribution in [0.4, 0.5) is 8.78 Å². The van der Waals surface area contributed by atoms with E-state index in [0.717, 1.165) is 55.1 Å². The molecule has 1 aliphatic heterocycles. The predicted octanol–water partition coefficient (Wildman–Crippen LogP) is 3.97. The molecule has 170 valence electrons. The fraction of sp³-hybridized carbons (Fsp3) is 0.346. The lowest BCUT2D eigenvalue weighted by atomic mass is 9.87. The Morgan fingerprint density at radius 3 is 1.88 bits per heavy atom. The van der Waals surface area contributed by atoms with Crippen molar-refractivity contribution in [3.8, 4) is 22.5 Å². The number of nitrogens with zero attached hydrogens (tertiary/aromatic N) is 4.